The summed E-state index contributed by atoms with van der Waals surface area (Å²) in [5.41, 5.74) is 2.47. The van der Waals surface area contributed by atoms with Gasteiger partial charge in [0.05, 0.1) is 17.6 Å². The standard InChI is InChI=1S/C28H51BN6O6/c1-7-8-9-10-13-24(36)31-20(12-11-14-30-26-33-34(26)35(38)39)25(37)32-23(15-18(2)3)29-40-22-17-19-16-21(27(19,4)5)28(22,6)41-29/h18-23,26,30,33H,7-17H2,1-6H3,(H,31,36)(H,32,37)/t19-,20-,21-,22+,23-,26?,28-,34?/m0/s1. The van der Waals surface area contributed by atoms with E-state index in [1.807, 2.05) is 0 Å². The first-order valence-corrected chi connectivity index (χ1v) is 15.7. The third kappa shape index (κ3) is 7.34. The van der Waals surface area contributed by atoms with Crippen LogP contribution >= 0.6 is 0 Å². The summed E-state index contributed by atoms with van der Waals surface area (Å²) in [4.78, 5) is 37.3. The predicted molar refractivity (Wildman–Crippen MR) is 155 cm³/mol. The highest BCUT2D eigenvalue weighted by Gasteiger charge is 2.68. The van der Waals surface area contributed by atoms with E-state index in [0.717, 1.165) is 43.6 Å². The minimum Gasteiger partial charge on any atom is -0.404 e. The Balaban J connectivity index is 1.37. The third-order valence-corrected chi connectivity index (χ3v) is 9.87. The zero-order chi connectivity index (χ0) is 29.9. The average Bonchev–Trinajstić information content (AvgIpc) is 3.59. The molecule has 13 heteroatoms. The summed E-state index contributed by atoms with van der Waals surface area (Å²) in [6.07, 6.45) is 7.63. The predicted octanol–water partition coefficient (Wildman–Crippen LogP) is 2.91. The van der Waals surface area contributed by atoms with E-state index in [0.29, 0.717) is 50.0 Å². The Kier molecular flexibility index (Phi) is 10.2. The molecule has 4 N–H and O–H groups in total. The number of hydrogen-bond acceptors (Lipinski definition) is 8. The lowest BCUT2D eigenvalue weighted by molar-refractivity contribution is -0.627. The summed E-state index contributed by atoms with van der Waals surface area (Å²) < 4.78 is 13.2. The highest BCUT2D eigenvalue weighted by Crippen LogP contribution is 2.65. The Labute approximate surface area is 245 Å². The van der Waals surface area contributed by atoms with Crippen molar-refractivity contribution in [1.82, 2.24) is 26.5 Å². The second-order valence-corrected chi connectivity index (χ2v) is 13.7. The molecule has 2 saturated heterocycles. The number of carbonyl (C=O) groups excluding carboxylic acids is 2. The molecule has 5 rings (SSSR count). The third-order valence-electron chi connectivity index (χ3n) is 9.87. The monoisotopic (exact) mass is 578 g/mol. The van der Waals surface area contributed by atoms with E-state index in [2.05, 4.69) is 62.9 Å². The van der Waals surface area contributed by atoms with Gasteiger partial charge in [-0.3, -0.25) is 14.9 Å². The van der Waals surface area contributed by atoms with E-state index in [9.17, 15) is 19.7 Å². The number of hydrazine groups is 2. The normalized spacial score (nSPS) is 30.8. The quantitative estimate of drug-likeness (QED) is 0.0670. The van der Waals surface area contributed by atoms with Gasteiger partial charge in [0.15, 0.2) is 5.03 Å². The molecule has 0 radical (unpaired) electrons. The summed E-state index contributed by atoms with van der Waals surface area (Å²) in [5.74, 6) is 0.660. The number of rotatable bonds is 17. The molecule has 7 atom stereocenters. The molecule has 2 aliphatic heterocycles. The summed E-state index contributed by atoms with van der Waals surface area (Å²) in [7, 11) is -0.535. The van der Waals surface area contributed by atoms with Crippen LogP contribution in [0, 0.1) is 33.3 Å². The van der Waals surface area contributed by atoms with Gasteiger partial charge in [-0.1, -0.05) is 53.9 Å². The van der Waals surface area contributed by atoms with Gasteiger partial charge in [-0.25, -0.2) is 10.1 Å². The molecule has 0 aromatic rings. The SMILES string of the molecule is CCCCCCC(=O)N[C@@H](CCCNC1NN1[N+](=O)[O-])C(=O)N[C@@H](CC(C)C)B1O[C@@H]2C[C@@H]3C[C@@H](C3(C)C)[C@]2(C)O1. The Hall–Kier alpha value is -1.96. The van der Waals surface area contributed by atoms with Crippen LogP contribution in [0.5, 0.6) is 0 Å². The molecule has 232 valence electrons. The number of hydrogen-bond donors (Lipinski definition) is 4. The Bertz CT molecular complexity index is 955. The van der Waals surface area contributed by atoms with E-state index in [-0.39, 0.29) is 34.9 Å². The van der Waals surface area contributed by atoms with Crippen molar-refractivity contribution in [2.45, 2.75) is 136 Å². The van der Waals surface area contributed by atoms with Crippen LogP contribution in [0.2, 0.25) is 0 Å². The maximum absolute atomic E-state index is 13.7. The zero-order valence-corrected chi connectivity index (χ0v) is 25.7. The largest absolute Gasteiger partial charge is 0.481 e. The van der Waals surface area contributed by atoms with E-state index >= 15 is 0 Å². The molecule has 3 aliphatic carbocycles. The Morgan fingerprint density at radius 1 is 1.15 bits per heavy atom. The van der Waals surface area contributed by atoms with E-state index in [1.165, 1.54) is 0 Å². The molecule has 0 aromatic heterocycles. The molecule has 0 aromatic carbocycles. The first-order valence-electron chi connectivity index (χ1n) is 15.7. The Morgan fingerprint density at radius 3 is 2.54 bits per heavy atom. The highest BCUT2D eigenvalue weighted by molar-refractivity contribution is 6.47. The van der Waals surface area contributed by atoms with Gasteiger partial charge in [-0.15, -0.1) is 5.43 Å². The lowest BCUT2D eigenvalue weighted by Crippen LogP contribution is -2.65. The van der Waals surface area contributed by atoms with Gasteiger partial charge < -0.3 is 19.9 Å². The van der Waals surface area contributed by atoms with Crippen molar-refractivity contribution in [3.05, 3.63) is 10.1 Å². The van der Waals surface area contributed by atoms with Crippen molar-refractivity contribution >= 4 is 18.9 Å². The molecule has 2 amide bonds. The van der Waals surface area contributed by atoms with E-state index in [4.69, 9.17) is 9.31 Å². The molecule has 41 heavy (non-hydrogen) atoms. The molecule has 3 saturated carbocycles. The first-order chi connectivity index (χ1) is 19.4. The van der Waals surface area contributed by atoms with Gasteiger partial charge in [-0.2, -0.15) is 0 Å². The molecule has 1 unspecified atom stereocenters. The van der Waals surface area contributed by atoms with Crippen LogP contribution in [0.3, 0.4) is 0 Å². The number of amides is 2. The fourth-order valence-electron chi connectivity index (χ4n) is 7.26. The smallest absolute Gasteiger partial charge is 0.404 e. The fraction of sp³-hybridized carbons (Fsp3) is 0.929. The number of nitrogens with zero attached hydrogens (tertiary/aromatic N) is 2. The lowest BCUT2D eigenvalue weighted by atomic mass is 9.43. The number of unbranched alkanes of at least 4 members (excludes halogenated alkanes) is 3. The molecule has 12 nitrogen and oxygen atoms in total. The van der Waals surface area contributed by atoms with E-state index < -0.39 is 24.5 Å². The molecule has 5 fully saturated rings. The van der Waals surface area contributed by atoms with Crippen molar-refractivity contribution in [1.29, 1.82) is 0 Å². The van der Waals surface area contributed by atoms with Crippen molar-refractivity contribution < 1.29 is 23.9 Å². The first kappa shape index (κ1) is 32.0. The van der Waals surface area contributed by atoms with Crippen LogP contribution in [0.15, 0.2) is 0 Å². The van der Waals surface area contributed by atoms with Crippen molar-refractivity contribution in [2.75, 3.05) is 6.54 Å². The van der Waals surface area contributed by atoms with Crippen LogP contribution in [-0.2, 0) is 18.9 Å². The van der Waals surface area contributed by atoms with Crippen LogP contribution in [-0.4, -0.2) is 65.6 Å². The topological polar surface area (TPSA) is 157 Å². The summed E-state index contributed by atoms with van der Waals surface area (Å²) in [5, 5.41) is 20.4. The minimum atomic E-state index is -0.713. The average molecular weight is 579 g/mol. The van der Waals surface area contributed by atoms with Crippen LogP contribution in [0.25, 0.3) is 0 Å². The molecular weight excluding hydrogens is 527 g/mol. The molecule has 2 heterocycles. The maximum atomic E-state index is 13.7. The number of nitro groups is 1. The van der Waals surface area contributed by atoms with Crippen molar-refractivity contribution in [3.8, 4) is 0 Å². The molecule has 2 bridgehead atoms. The summed E-state index contributed by atoms with van der Waals surface area (Å²) in [6.45, 7) is 13.7. The number of carbonyl (C=O) groups is 2. The second kappa shape index (κ2) is 13.1. The van der Waals surface area contributed by atoms with Gasteiger partial charge in [0.2, 0.25) is 18.1 Å². The van der Waals surface area contributed by atoms with Gasteiger partial charge in [0.25, 0.3) is 0 Å². The lowest BCUT2D eigenvalue weighted by Gasteiger charge is -2.64. The minimum absolute atomic E-state index is 0.0234. The van der Waals surface area contributed by atoms with E-state index in [1.54, 1.807) is 0 Å². The molecule has 0 spiro atoms. The summed E-state index contributed by atoms with van der Waals surface area (Å²) in [6, 6.07) is -0.713. The molecule has 5 aliphatic rings. The summed E-state index contributed by atoms with van der Waals surface area (Å²) >= 11 is 0. The fourth-order valence-corrected chi connectivity index (χ4v) is 7.26. The van der Waals surface area contributed by atoms with Gasteiger partial charge >= 0.3 is 7.12 Å². The zero-order valence-electron chi connectivity index (χ0n) is 25.7. The van der Waals surface area contributed by atoms with Crippen LogP contribution in [0.4, 0.5) is 0 Å². The van der Waals surface area contributed by atoms with Gasteiger partial charge in [0, 0.05) is 6.42 Å². The molecular formula is C28H51BN6O6. The Morgan fingerprint density at radius 2 is 1.90 bits per heavy atom. The van der Waals surface area contributed by atoms with Crippen molar-refractivity contribution in [3.63, 3.8) is 0 Å². The number of nitrogens with one attached hydrogen (secondary N) is 4. The second-order valence-electron chi connectivity index (χ2n) is 13.7. The maximum Gasteiger partial charge on any atom is 0.481 e. The van der Waals surface area contributed by atoms with Crippen LogP contribution < -0.4 is 21.4 Å². The van der Waals surface area contributed by atoms with Gasteiger partial charge in [-0.05, 0) is 80.3 Å². The van der Waals surface area contributed by atoms with Crippen LogP contribution in [0.1, 0.15) is 106 Å². The highest BCUT2D eigenvalue weighted by atomic mass is 16.7. The van der Waals surface area contributed by atoms with Gasteiger partial charge in [0.1, 0.15) is 6.04 Å². The van der Waals surface area contributed by atoms with Crippen molar-refractivity contribution in [2.24, 2.45) is 23.2 Å².